The Labute approximate surface area is 119 Å². The van der Waals surface area contributed by atoms with Crippen LogP contribution >= 0.6 is 0 Å². The number of rotatable bonds is 2. The molecule has 0 aromatic heterocycles. The highest BCUT2D eigenvalue weighted by Gasteiger charge is 2.32. The molecule has 1 aliphatic rings. The van der Waals surface area contributed by atoms with Crippen LogP contribution in [0.25, 0.3) is 0 Å². The minimum absolute atomic E-state index is 0.0354. The third kappa shape index (κ3) is 2.65. The Kier molecular flexibility index (Phi) is 4.04. The molecule has 5 nitrogen and oxygen atoms in total. The smallest absolute Gasteiger partial charge is 0.243 e. The second-order valence-corrected chi connectivity index (χ2v) is 7.22. The van der Waals surface area contributed by atoms with Crippen LogP contribution in [0, 0.1) is 12.7 Å². The summed E-state index contributed by atoms with van der Waals surface area (Å²) in [7, 11) is -1.75. The van der Waals surface area contributed by atoms with E-state index in [1.165, 1.54) is 17.3 Å². The van der Waals surface area contributed by atoms with Gasteiger partial charge in [0.25, 0.3) is 0 Å². The number of benzene rings is 1. The first-order valence-corrected chi connectivity index (χ1v) is 7.93. The maximum atomic E-state index is 13.7. The van der Waals surface area contributed by atoms with Crippen LogP contribution in [-0.2, 0) is 10.0 Å². The highest BCUT2D eigenvalue weighted by atomic mass is 32.2. The van der Waals surface area contributed by atoms with Crippen molar-refractivity contribution >= 4 is 15.7 Å². The number of nitrogens with zero attached hydrogens (tertiary/aromatic N) is 2. The molecule has 1 aliphatic heterocycles. The van der Waals surface area contributed by atoms with Crippen LogP contribution in [-0.4, -0.2) is 50.3 Å². The van der Waals surface area contributed by atoms with E-state index < -0.39 is 15.8 Å². The summed E-state index contributed by atoms with van der Waals surface area (Å²) in [5.74, 6) is -0.592. The third-order valence-corrected chi connectivity index (χ3v) is 5.85. The van der Waals surface area contributed by atoms with Gasteiger partial charge in [-0.1, -0.05) is 0 Å². The summed E-state index contributed by atoms with van der Waals surface area (Å²) < 4.78 is 40.4. The maximum absolute atomic E-state index is 13.7. The van der Waals surface area contributed by atoms with E-state index in [1.807, 2.05) is 14.0 Å². The SMILES string of the molecule is Cc1c(F)cc(N)cc1S(=O)(=O)N1CCN(C)C(C)C1. The van der Waals surface area contributed by atoms with Crippen molar-refractivity contribution in [1.29, 1.82) is 0 Å². The summed E-state index contributed by atoms with van der Waals surface area (Å²) in [6.07, 6.45) is 0. The van der Waals surface area contributed by atoms with Crippen LogP contribution in [0.5, 0.6) is 0 Å². The summed E-state index contributed by atoms with van der Waals surface area (Å²) in [6.45, 7) is 4.88. The fourth-order valence-electron chi connectivity index (χ4n) is 2.31. The van der Waals surface area contributed by atoms with Gasteiger partial charge in [0.2, 0.25) is 10.0 Å². The van der Waals surface area contributed by atoms with Crippen molar-refractivity contribution in [3.8, 4) is 0 Å². The molecule has 0 amide bonds. The molecule has 0 bridgehead atoms. The molecule has 0 aliphatic carbocycles. The molecule has 20 heavy (non-hydrogen) atoms. The zero-order valence-corrected chi connectivity index (χ0v) is 12.7. The molecule has 1 aromatic rings. The predicted octanol–water partition coefficient (Wildman–Crippen LogP) is 1.04. The molecular formula is C13H20FN3O2S. The molecule has 1 atom stereocenters. The van der Waals surface area contributed by atoms with Gasteiger partial charge in [-0.3, -0.25) is 0 Å². The van der Waals surface area contributed by atoms with E-state index in [1.54, 1.807) is 0 Å². The number of sulfonamides is 1. The molecule has 1 heterocycles. The molecular weight excluding hydrogens is 281 g/mol. The molecule has 7 heteroatoms. The van der Waals surface area contributed by atoms with E-state index in [0.29, 0.717) is 19.6 Å². The van der Waals surface area contributed by atoms with Crippen LogP contribution in [0.3, 0.4) is 0 Å². The summed E-state index contributed by atoms with van der Waals surface area (Å²) in [6, 6.07) is 2.60. The number of halogens is 1. The number of hydrogen-bond acceptors (Lipinski definition) is 4. The van der Waals surface area contributed by atoms with Crippen molar-refractivity contribution in [3.63, 3.8) is 0 Å². The molecule has 1 unspecified atom stereocenters. The Hall–Kier alpha value is -1.18. The summed E-state index contributed by atoms with van der Waals surface area (Å²) in [5.41, 5.74) is 5.81. The lowest BCUT2D eigenvalue weighted by Crippen LogP contribution is -2.51. The van der Waals surface area contributed by atoms with Gasteiger partial charge in [-0.25, -0.2) is 12.8 Å². The van der Waals surface area contributed by atoms with Crippen LogP contribution in [0.4, 0.5) is 10.1 Å². The van der Waals surface area contributed by atoms with Crippen molar-refractivity contribution in [1.82, 2.24) is 9.21 Å². The average molecular weight is 301 g/mol. The number of nitrogen functional groups attached to an aromatic ring is 1. The van der Waals surface area contributed by atoms with Gasteiger partial charge >= 0.3 is 0 Å². The van der Waals surface area contributed by atoms with Gasteiger partial charge in [0.1, 0.15) is 5.82 Å². The number of piperazine rings is 1. The standard InChI is InChI=1S/C13H20FN3O2S/c1-9-8-17(5-4-16(9)3)20(18,19)13-7-11(15)6-12(14)10(13)2/h6-7,9H,4-5,8,15H2,1-3H3. The third-order valence-electron chi connectivity index (χ3n) is 3.86. The minimum Gasteiger partial charge on any atom is -0.399 e. The number of anilines is 1. The van der Waals surface area contributed by atoms with E-state index >= 15 is 0 Å². The van der Waals surface area contributed by atoms with E-state index in [2.05, 4.69) is 4.90 Å². The first-order valence-electron chi connectivity index (χ1n) is 6.49. The lowest BCUT2D eigenvalue weighted by Gasteiger charge is -2.37. The monoisotopic (exact) mass is 301 g/mol. The molecule has 1 aromatic carbocycles. The van der Waals surface area contributed by atoms with Crippen LogP contribution in [0.15, 0.2) is 17.0 Å². The van der Waals surface area contributed by atoms with Crippen LogP contribution < -0.4 is 5.73 Å². The van der Waals surface area contributed by atoms with Crippen LogP contribution in [0.2, 0.25) is 0 Å². The molecule has 2 N–H and O–H groups in total. The summed E-state index contributed by atoms with van der Waals surface area (Å²) in [4.78, 5) is 2.06. The summed E-state index contributed by atoms with van der Waals surface area (Å²) in [5, 5.41) is 0. The minimum atomic E-state index is -3.71. The molecule has 1 fully saturated rings. The normalized spacial score (nSPS) is 22.1. The fraction of sp³-hybridized carbons (Fsp3) is 0.538. The summed E-state index contributed by atoms with van der Waals surface area (Å²) >= 11 is 0. The van der Waals surface area contributed by atoms with Gasteiger partial charge in [0.15, 0.2) is 0 Å². The van der Waals surface area contributed by atoms with Gasteiger partial charge in [-0.15, -0.1) is 0 Å². The average Bonchev–Trinajstić information content (AvgIpc) is 2.36. The highest BCUT2D eigenvalue weighted by Crippen LogP contribution is 2.26. The Morgan fingerprint density at radius 3 is 2.60 bits per heavy atom. The number of nitrogens with two attached hydrogens (primary N) is 1. The van der Waals surface area contributed by atoms with E-state index in [9.17, 15) is 12.8 Å². The number of likely N-dealkylation sites (N-methyl/N-ethyl adjacent to an activating group) is 1. The second kappa shape index (κ2) is 5.31. The van der Waals surface area contributed by atoms with Gasteiger partial charge in [0.05, 0.1) is 4.90 Å². The van der Waals surface area contributed by atoms with Crippen molar-refractivity contribution in [2.75, 3.05) is 32.4 Å². The highest BCUT2D eigenvalue weighted by molar-refractivity contribution is 7.89. The van der Waals surface area contributed by atoms with Gasteiger partial charge in [-0.2, -0.15) is 4.31 Å². The van der Waals surface area contributed by atoms with Gasteiger partial charge in [0, 0.05) is 36.9 Å². The molecule has 0 saturated carbocycles. The zero-order valence-electron chi connectivity index (χ0n) is 11.9. The molecule has 0 spiro atoms. The Morgan fingerprint density at radius 1 is 1.35 bits per heavy atom. The van der Waals surface area contributed by atoms with E-state index in [0.717, 1.165) is 6.07 Å². The van der Waals surface area contributed by atoms with Crippen molar-refractivity contribution < 1.29 is 12.8 Å². The van der Waals surface area contributed by atoms with Crippen molar-refractivity contribution in [3.05, 3.63) is 23.5 Å². The second-order valence-electron chi connectivity index (χ2n) is 5.32. The molecule has 1 saturated heterocycles. The van der Waals surface area contributed by atoms with Crippen molar-refractivity contribution in [2.45, 2.75) is 24.8 Å². The Balaban J connectivity index is 2.41. The molecule has 0 radical (unpaired) electrons. The topological polar surface area (TPSA) is 66.6 Å². The van der Waals surface area contributed by atoms with E-state index in [4.69, 9.17) is 5.73 Å². The van der Waals surface area contributed by atoms with Gasteiger partial charge < -0.3 is 10.6 Å². The first-order chi connectivity index (χ1) is 9.23. The molecule has 112 valence electrons. The van der Waals surface area contributed by atoms with Crippen molar-refractivity contribution in [2.24, 2.45) is 0 Å². The van der Waals surface area contributed by atoms with E-state index in [-0.39, 0.29) is 22.2 Å². The first kappa shape index (κ1) is 15.2. The van der Waals surface area contributed by atoms with Crippen LogP contribution in [0.1, 0.15) is 12.5 Å². The predicted molar refractivity (Wildman–Crippen MR) is 76.4 cm³/mol. The molecule has 2 rings (SSSR count). The Morgan fingerprint density at radius 2 is 2.00 bits per heavy atom. The fourth-order valence-corrected chi connectivity index (χ4v) is 4.10. The zero-order chi connectivity index (χ0) is 15.1. The Bertz CT molecular complexity index is 618. The lowest BCUT2D eigenvalue weighted by atomic mass is 10.2. The largest absolute Gasteiger partial charge is 0.399 e. The quantitative estimate of drug-likeness (QED) is 0.829. The van der Waals surface area contributed by atoms with Gasteiger partial charge in [-0.05, 0) is 33.0 Å². The maximum Gasteiger partial charge on any atom is 0.243 e. The lowest BCUT2D eigenvalue weighted by molar-refractivity contribution is 0.159. The number of hydrogen-bond donors (Lipinski definition) is 1.